The number of fused-ring (bicyclic) bond motifs is 1. The molecule has 4 rings (SSSR count). The van der Waals surface area contributed by atoms with Crippen molar-refractivity contribution < 1.29 is 17.9 Å². The van der Waals surface area contributed by atoms with Crippen LogP contribution in [0, 0.1) is 0 Å². The molecule has 1 amide bonds. The Labute approximate surface area is 173 Å². The van der Waals surface area contributed by atoms with Crippen LogP contribution in [-0.4, -0.2) is 32.3 Å². The van der Waals surface area contributed by atoms with Gasteiger partial charge in [-0.15, -0.1) is 11.3 Å². The van der Waals surface area contributed by atoms with Crippen LogP contribution in [0.2, 0.25) is 0 Å². The summed E-state index contributed by atoms with van der Waals surface area (Å²) in [5.41, 5.74) is 7.36. The molecule has 2 aromatic carbocycles. The fraction of sp³-hybridized carbons (Fsp3) is 0.190. The number of primary amides is 1. The van der Waals surface area contributed by atoms with Crippen molar-refractivity contribution in [1.82, 2.24) is 4.31 Å². The summed E-state index contributed by atoms with van der Waals surface area (Å²) in [6.07, 6.45) is 0.647. The van der Waals surface area contributed by atoms with E-state index in [1.54, 1.807) is 11.3 Å². The SMILES string of the molecule is COc1ccc(S(=O)(=O)N2CCc3sccc3[C@H]2c2ccccc2)cc1C(N)=O. The first-order chi connectivity index (χ1) is 13.9. The quantitative estimate of drug-likeness (QED) is 0.676. The van der Waals surface area contributed by atoms with Gasteiger partial charge in [-0.1, -0.05) is 30.3 Å². The molecule has 8 heteroatoms. The highest BCUT2D eigenvalue weighted by molar-refractivity contribution is 7.89. The molecule has 1 aromatic heterocycles. The topological polar surface area (TPSA) is 89.7 Å². The van der Waals surface area contributed by atoms with Crippen molar-refractivity contribution in [3.63, 3.8) is 0 Å². The monoisotopic (exact) mass is 428 g/mol. The molecule has 0 fully saturated rings. The van der Waals surface area contributed by atoms with Gasteiger partial charge in [-0.25, -0.2) is 8.42 Å². The minimum absolute atomic E-state index is 0.0201. The fourth-order valence-corrected chi connectivity index (χ4v) is 6.23. The second-order valence-electron chi connectivity index (χ2n) is 6.70. The Morgan fingerprint density at radius 1 is 1.17 bits per heavy atom. The standard InChI is InChI=1S/C21H20N2O4S2/c1-27-18-8-7-15(13-17(18)21(22)24)29(25,26)23-11-9-19-16(10-12-28-19)20(23)14-5-3-2-4-6-14/h2-8,10,12-13,20H,9,11H2,1H3,(H2,22,24)/t20-/m1/s1. The van der Waals surface area contributed by atoms with Gasteiger partial charge in [0, 0.05) is 11.4 Å². The number of carbonyl (C=O) groups is 1. The highest BCUT2D eigenvalue weighted by Crippen LogP contribution is 2.41. The van der Waals surface area contributed by atoms with Gasteiger partial charge in [-0.05, 0) is 47.2 Å². The zero-order valence-corrected chi connectivity index (χ0v) is 17.4. The van der Waals surface area contributed by atoms with E-state index >= 15 is 0 Å². The van der Waals surface area contributed by atoms with Crippen LogP contribution < -0.4 is 10.5 Å². The molecule has 1 atom stereocenters. The largest absolute Gasteiger partial charge is 0.496 e. The van der Waals surface area contributed by atoms with Gasteiger partial charge in [0.1, 0.15) is 5.75 Å². The highest BCUT2D eigenvalue weighted by Gasteiger charge is 2.38. The zero-order valence-electron chi connectivity index (χ0n) is 15.7. The summed E-state index contributed by atoms with van der Waals surface area (Å²) in [4.78, 5) is 13.0. The fourth-order valence-electron chi connectivity index (χ4n) is 3.71. The molecule has 2 heterocycles. The average Bonchev–Trinajstić information content (AvgIpc) is 3.22. The van der Waals surface area contributed by atoms with Gasteiger partial charge in [0.15, 0.2) is 0 Å². The van der Waals surface area contributed by atoms with Crippen molar-refractivity contribution in [3.8, 4) is 5.75 Å². The van der Waals surface area contributed by atoms with Crippen molar-refractivity contribution in [3.05, 3.63) is 81.5 Å². The normalized spacial score (nSPS) is 16.9. The maximum absolute atomic E-state index is 13.6. The maximum Gasteiger partial charge on any atom is 0.252 e. The first-order valence-electron chi connectivity index (χ1n) is 9.04. The number of rotatable bonds is 5. The third-order valence-corrected chi connectivity index (χ3v) is 7.94. The lowest BCUT2D eigenvalue weighted by molar-refractivity contribution is 0.0997. The molecular weight excluding hydrogens is 408 g/mol. The summed E-state index contributed by atoms with van der Waals surface area (Å²) >= 11 is 1.64. The van der Waals surface area contributed by atoms with E-state index in [0.717, 1.165) is 11.1 Å². The van der Waals surface area contributed by atoms with E-state index in [2.05, 4.69) is 0 Å². The molecule has 0 unspecified atom stereocenters. The van der Waals surface area contributed by atoms with Crippen LogP contribution in [0.4, 0.5) is 0 Å². The molecule has 0 aliphatic carbocycles. The lowest BCUT2D eigenvalue weighted by atomic mass is 9.95. The van der Waals surface area contributed by atoms with Crippen molar-refractivity contribution in [2.24, 2.45) is 5.73 Å². The summed E-state index contributed by atoms with van der Waals surface area (Å²) in [5, 5.41) is 2.00. The summed E-state index contributed by atoms with van der Waals surface area (Å²) in [5.74, 6) is -0.493. The number of thiophene rings is 1. The first kappa shape index (κ1) is 19.6. The lowest BCUT2D eigenvalue weighted by Crippen LogP contribution is -2.40. The van der Waals surface area contributed by atoms with E-state index in [-0.39, 0.29) is 16.2 Å². The Bertz CT molecular complexity index is 1160. The minimum atomic E-state index is -3.89. The number of hydrogen-bond donors (Lipinski definition) is 1. The molecule has 0 saturated heterocycles. The first-order valence-corrected chi connectivity index (χ1v) is 11.4. The van der Waals surface area contributed by atoms with E-state index < -0.39 is 22.0 Å². The molecule has 29 heavy (non-hydrogen) atoms. The molecule has 6 nitrogen and oxygen atoms in total. The zero-order chi connectivity index (χ0) is 20.6. The number of hydrogen-bond acceptors (Lipinski definition) is 5. The predicted molar refractivity (Wildman–Crippen MR) is 112 cm³/mol. The summed E-state index contributed by atoms with van der Waals surface area (Å²) in [6.45, 7) is 0.355. The Balaban J connectivity index is 1.84. The second kappa shape index (κ2) is 7.62. The molecule has 3 aromatic rings. The van der Waals surface area contributed by atoms with E-state index in [1.807, 2.05) is 41.8 Å². The van der Waals surface area contributed by atoms with Gasteiger partial charge in [0.05, 0.1) is 23.6 Å². The molecule has 1 aliphatic rings. The van der Waals surface area contributed by atoms with Crippen molar-refractivity contribution in [2.45, 2.75) is 17.4 Å². The van der Waals surface area contributed by atoms with E-state index in [1.165, 1.54) is 34.5 Å². The van der Waals surface area contributed by atoms with Crippen LogP contribution in [0.15, 0.2) is 64.9 Å². The third kappa shape index (κ3) is 3.43. The van der Waals surface area contributed by atoms with Gasteiger partial charge in [0.2, 0.25) is 10.0 Å². The van der Waals surface area contributed by atoms with Crippen LogP contribution in [0.25, 0.3) is 0 Å². The Morgan fingerprint density at radius 3 is 2.62 bits per heavy atom. The van der Waals surface area contributed by atoms with E-state index in [4.69, 9.17) is 10.5 Å². The number of methoxy groups -OCH3 is 1. The van der Waals surface area contributed by atoms with Crippen LogP contribution in [0.5, 0.6) is 5.75 Å². The van der Waals surface area contributed by atoms with Gasteiger partial charge in [-0.2, -0.15) is 4.31 Å². The van der Waals surface area contributed by atoms with Gasteiger partial charge >= 0.3 is 0 Å². The number of carbonyl (C=O) groups excluding carboxylic acids is 1. The summed E-state index contributed by atoms with van der Waals surface area (Å²) < 4.78 is 33.9. The lowest BCUT2D eigenvalue weighted by Gasteiger charge is -2.35. The minimum Gasteiger partial charge on any atom is -0.496 e. The Kier molecular flexibility index (Phi) is 5.16. The van der Waals surface area contributed by atoms with Crippen molar-refractivity contribution in [2.75, 3.05) is 13.7 Å². The number of amides is 1. The number of benzene rings is 2. The number of nitrogens with zero attached hydrogens (tertiary/aromatic N) is 1. The number of sulfonamides is 1. The van der Waals surface area contributed by atoms with Gasteiger partial charge < -0.3 is 10.5 Å². The van der Waals surface area contributed by atoms with Crippen LogP contribution in [-0.2, 0) is 16.4 Å². The molecule has 0 bridgehead atoms. The maximum atomic E-state index is 13.6. The Hall–Kier alpha value is -2.68. The molecule has 2 N–H and O–H groups in total. The second-order valence-corrected chi connectivity index (χ2v) is 9.60. The molecular formula is C21H20N2O4S2. The molecule has 0 saturated carbocycles. The summed E-state index contributed by atoms with van der Waals surface area (Å²) in [7, 11) is -2.48. The predicted octanol–water partition coefficient (Wildman–Crippen LogP) is 3.19. The number of nitrogens with two attached hydrogens (primary N) is 1. The molecule has 1 aliphatic heterocycles. The molecule has 0 radical (unpaired) electrons. The van der Waals surface area contributed by atoms with Crippen molar-refractivity contribution in [1.29, 1.82) is 0 Å². The van der Waals surface area contributed by atoms with Crippen LogP contribution >= 0.6 is 11.3 Å². The molecule has 0 spiro atoms. The van der Waals surface area contributed by atoms with Gasteiger partial charge in [-0.3, -0.25) is 4.79 Å². The summed E-state index contributed by atoms with van der Waals surface area (Å²) in [6, 6.07) is 15.3. The van der Waals surface area contributed by atoms with Crippen LogP contribution in [0.3, 0.4) is 0 Å². The Morgan fingerprint density at radius 2 is 1.93 bits per heavy atom. The van der Waals surface area contributed by atoms with Gasteiger partial charge in [0.25, 0.3) is 5.91 Å². The average molecular weight is 429 g/mol. The molecule has 150 valence electrons. The van der Waals surface area contributed by atoms with Crippen molar-refractivity contribution >= 4 is 27.3 Å². The number of ether oxygens (including phenoxy) is 1. The van der Waals surface area contributed by atoms with E-state index in [9.17, 15) is 13.2 Å². The third-order valence-electron chi connectivity index (χ3n) is 5.08. The van der Waals surface area contributed by atoms with E-state index in [0.29, 0.717) is 13.0 Å². The van der Waals surface area contributed by atoms with Crippen LogP contribution in [0.1, 0.15) is 32.4 Å². The smallest absolute Gasteiger partial charge is 0.252 e. The highest BCUT2D eigenvalue weighted by atomic mass is 32.2.